The Balaban J connectivity index is 1.84. The summed E-state index contributed by atoms with van der Waals surface area (Å²) in [5.41, 5.74) is 1.49. The van der Waals surface area contributed by atoms with E-state index in [9.17, 15) is 0 Å². The van der Waals surface area contributed by atoms with Crippen molar-refractivity contribution >= 4 is 23.1 Å². The molecule has 1 aromatic heterocycles. The number of aryl methyl sites for hydroxylation is 2. The van der Waals surface area contributed by atoms with Crippen LogP contribution in [0.2, 0.25) is 0 Å². The Morgan fingerprint density at radius 2 is 2.06 bits per heavy atom. The highest BCUT2D eigenvalue weighted by atomic mass is 32.2. The molecule has 1 nitrogen and oxygen atoms in total. The van der Waals surface area contributed by atoms with Crippen molar-refractivity contribution in [3.8, 4) is 0 Å². The molecule has 1 aliphatic carbocycles. The second-order valence-corrected chi connectivity index (χ2v) is 7.87. The number of thioether (sulfide) groups is 1. The average Bonchev–Trinajstić information content (AvgIpc) is 2.88. The molecule has 1 saturated carbocycles. The fourth-order valence-corrected chi connectivity index (χ4v) is 4.65. The molecule has 0 atom stereocenters. The third-order valence-corrected chi connectivity index (χ3v) is 6.28. The van der Waals surface area contributed by atoms with Crippen LogP contribution in [0.4, 0.5) is 0 Å². The summed E-state index contributed by atoms with van der Waals surface area (Å²) in [6, 6.07) is 2.33. The van der Waals surface area contributed by atoms with Gasteiger partial charge in [-0.05, 0) is 44.6 Å². The van der Waals surface area contributed by atoms with Crippen LogP contribution in [0.3, 0.4) is 0 Å². The van der Waals surface area contributed by atoms with Crippen LogP contribution < -0.4 is 5.32 Å². The van der Waals surface area contributed by atoms with E-state index in [1.54, 1.807) is 0 Å². The molecule has 1 heterocycles. The maximum atomic E-state index is 3.68. The lowest BCUT2D eigenvalue weighted by atomic mass is 10.1. The molecular formula is C14H23NS2. The third-order valence-electron chi connectivity index (χ3n) is 3.85. The van der Waals surface area contributed by atoms with Crippen molar-refractivity contribution in [3.05, 3.63) is 21.4 Å². The molecule has 0 bridgehead atoms. The normalized spacial score (nSPS) is 18.8. The zero-order valence-corrected chi connectivity index (χ0v) is 12.8. The van der Waals surface area contributed by atoms with E-state index in [1.165, 1.54) is 47.5 Å². The topological polar surface area (TPSA) is 12.0 Å². The van der Waals surface area contributed by atoms with Crippen molar-refractivity contribution in [2.24, 2.45) is 0 Å². The minimum atomic E-state index is 0.527. The van der Waals surface area contributed by atoms with Gasteiger partial charge in [-0.25, -0.2) is 0 Å². The van der Waals surface area contributed by atoms with Gasteiger partial charge < -0.3 is 5.32 Å². The minimum Gasteiger partial charge on any atom is -0.311 e. The third kappa shape index (κ3) is 3.27. The molecule has 3 heteroatoms. The molecule has 0 aliphatic heterocycles. The molecule has 17 heavy (non-hydrogen) atoms. The maximum Gasteiger partial charge on any atom is 0.0281 e. The Morgan fingerprint density at radius 3 is 2.59 bits per heavy atom. The second-order valence-electron chi connectivity index (χ2n) is 5.14. The van der Waals surface area contributed by atoms with Crippen LogP contribution in [0.5, 0.6) is 0 Å². The monoisotopic (exact) mass is 269 g/mol. The predicted molar refractivity (Wildman–Crippen MR) is 80.2 cm³/mol. The molecule has 0 saturated heterocycles. The first-order chi connectivity index (χ1) is 8.15. The number of thiophene rings is 1. The smallest absolute Gasteiger partial charge is 0.0281 e. The second kappa shape index (κ2) is 5.77. The van der Waals surface area contributed by atoms with E-state index >= 15 is 0 Å². The van der Waals surface area contributed by atoms with Crippen molar-refractivity contribution in [2.75, 3.05) is 12.8 Å². The van der Waals surface area contributed by atoms with Gasteiger partial charge in [0.25, 0.3) is 0 Å². The Labute approximate surface area is 113 Å². The van der Waals surface area contributed by atoms with Gasteiger partial charge in [0, 0.05) is 27.6 Å². The van der Waals surface area contributed by atoms with Gasteiger partial charge in [-0.15, -0.1) is 11.3 Å². The van der Waals surface area contributed by atoms with Crippen molar-refractivity contribution in [3.63, 3.8) is 0 Å². The van der Waals surface area contributed by atoms with Crippen LogP contribution in [0.25, 0.3) is 0 Å². The van der Waals surface area contributed by atoms with Gasteiger partial charge in [-0.2, -0.15) is 11.8 Å². The summed E-state index contributed by atoms with van der Waals surface area (Å²) >= 11 is 3.98. The van der Waals surface area contributed by atoms with Crippen molar-refractivity contribution in [1.82, 2.24) is 5.32 Å². The largest absolute Gasteiger partial charge is 0.311 e. The summed E-state index contributed by atoms with van der Waals surface area (Å²) in [6.07, 6.45) is 7.89. The SMILES string of the molecule is CSC1(CNCc2cc(C)sc2C)CCCC1. The van der Waals surface area contributed by atoms with Crippen LogP contribution in [-0.4, -0.2) is 17.5 Å². The first kappa shape index (κ1) is 13.4. The molecule has 0 unspecified atom stereocenters. The van der Waals surface area contributed by atoms with Crippen LogP contribution in [0, 0.1) is 13.8 Å². The summed E-state index contributed by atoms with van der Waals surface area (Å²) in [4.78, 5) is 2.90. The summed E-state index contributed by atoms with van der Waals surface area (Å²) in [6.45, 7) is 6.64. The van der Waals surface area contributed by atoms with Gasteiger partial charge in [-0.3, -0.25) is 0 Å². The number of nitrogens with one attached hydrogen (secondary N) is 1. The molecule has 2 rings (SSSR count). The van der Waals surface area contributed by atoms with Crippen LogP contribution >= 0.6 is 23.1 Å². The molecule has 96 valence electrons. The highest BCUT2D eigenvalue weighted by Crippen LogP contribution is 2.39. The lowest BCUT2D eigenvalue weighted by Crippen LogP contribution is -2.34. The zero-order chi connectivity index (χ0) is 12.3. The van der Waals surface area contributed by atoms with E-state index in [-0.39, 0.29) is 0 Å². The average molecular weight is 269 g/mol. The molecule has 1 N–H and O–H groups in total. The van der Waals surface area contributed by atoms with E-state index < -0.39 is 0 Å². The fraction of sp³-hybridized carbons (Fsp3) is 0.714. The van der Waals surface area contributed by atoms with E-state index in [1.807, 2.05) is 11.3 Å². The predicted octanol–water partition coefficient (Wildman–Crippen LogP) is 4.13. The Hall–Kier alpha value is 0.01000. The number of hydrogen-bond donors (Lipinski definition) is 1. The van der Waals surface area contributed by atoms with E-state index in [4.69, 9.17) is 0 Å². The number of rotatable bonds is 5. The first-order valence-electron chi connectivity index (χ1n) is 6.47. The van der Waals surface area contributed by atoms with Gasteiger partial charge in [0.2, 0.25) is 0 Å². The standard InChI is InChI=1S/C14H23NS2/c1-11-8-13(12(2)17-11)9-15-10-14(16-3)6-4-5-7-14/h8,15H,4-7,9-10H2,1-3H3. The highest BCUT2D eigenvalue weighted by Gasteiger charge is 2.32. The summed E-state index contributed by atoms with van der Waals surface area (Å²) < 4.78 is 0.527. The highest BCUT2D eigenvalue weighted by molar-refractivity contribution is 8.00. The van der Waals surface area contributed by atoms with E-state index in [2.05, 4.69) is 43.2 Å². The lowest BCUT2D eigenvalue weighted by Gasteiger charge is -2.27. The van der Waals surface area contributed by atoms with Gasteiger partial charge in [-0.1, -0.05) is 12.8 Å². The van der Waals surface area contributed by atoms with Gasteiger partial charge in [0.15, 0.2) is 0 Å². The maximum absolute atomic E-state index is 3.68. The Kier molecular flexibility index (Phi) is 4.56. The molecule has 0 amide bonds. The van der Waals surface area contributed by atoms with Gasteiger partial charge in [0.1, 0.15) is 0 Å². The summed E-state index contributed by atoms with van der Waals surface area (Å²) in [5, 5.41) is 3.68. The molecule has 1 fully saturated rings. The molecule has 1 aliphatic rings. The van der Waals surface area contributed by atoms with Crippen LogP contribution in [0.15, 0.2) is 6.07 Å². The molecular weight excluding hydrogens is 246 g/mol. The number of hydrogen-bond acceptors (Lipinski definition) is 3. The summed E-state index contributed by atoms with van der Waals surface area (Å²) in [7, 11) is 0. The first-order valence-corrected chi connectivity index (χ1v) is 8.51. The summed E-state index contributed by atoms with van der Waals surface area (Å²) in [5.74, 6) is 0. The Morgan fingerprint density at radius 1 is 1.35 bits per heavy atom. The van der Waals surface area contributed by atoms with Crippen molar-refractivity contribution in [2.45, 2.75) is 50.8 Å². The molecule has 0 spiro atoms. The lowest BCUT2D eigenvalue weighted by molar-refractivity contribution is 0.533. The molecule has 1 aromatic rings. The fourth-order valence-electron chi connectivity index (χ4n) is 2.76. The quantitative estimate of drug-likeness (QED) is 0.862. The van der Waals surface area contributed by atoms with Crippen molar-refractivity contribution < 1.29 is 0 Å². The van der Waals surface area contributed by atoms with E-state index in [0.29, 0.717) is 4.75 Å². The van der Waals surface area contributed by atoms with Crippen molar-refractivity contribution in [1.29, 1.82) is 0 Å². The van der Waals surface area contributed by atoms with Gasteiger partial charge in [0.05, 0.1) is 0 Å². The van der Waals surface area contributed by atoms with Crippen LogP contribution in [-0.2, 0) is 6.54 Å². The molecule has 0 aromatic carbocycles. The van der Waals surface area contributed by atoms with Gasteiger partial charge >= 0.3 is 0 Å². The Bertz CT molecular complexity index is 364. The van der Waals surface area contributed by atoms with E-state index in [0.717, 1.165) is 6.54 Å². The minimum absolute atomic E-state index is 0.527. The molecule has 0 radical (unpaired) electrons. The van der Waals surface area contributed by atoms with Crippen LogP contribution in [0.1, 0.15) is 41.0 Å². The zero-order valence-electron chi connectivity index (χ0n) is 11.1.